The van der Waals surface area contributed by atoms with Crippen molar-refractivity contribution >= 4 is 22.6 Å². The molecule has 0 spiro atoms. The van der Waals surface area contributed by atoms with Crippen molar-refractivity contribution in [3.63, 3.8) is 0 Å². The summed E-state index contributed by atoms with van der Waals surface area (Å²) < 4.78 is 5.09. The minimum absolute atomic E-state index is 0.109. The smallest absolute Gasteiger partial charge is 0.194 e. The standard InChI is InChI=1S/C9H5ClO2/c10-6-2-1-3-8-9(6)7(11)4-5-12-8/h1-5H. The highest BCUT2D eigenvalue weighted by Gasteiger charge is 2.02. The number of fused-ring (bicyclic) bond motifs is 1. The minimum Gasteiger partial charge on any atom is -0.464 e. The van der Waals surface area contributed by atoms with Crippen molar-refractivity contribution in [3.05, 3.63) is 45.8 Å². The summed E-state index contributed by atoms with van der Waals surface area (Å²) in [4.78, 5) is 11.3. The van der Waals surface area contributed by atoms with Crippen LogP contribution in [0.1, 0.15) is 0 Å². The van der Waals surface area contributed by atoms with Gasteiger partial charge in [-0.05, 0) is 12.1 Å². The molecule has 2 aromatic rings. The summed E-state index contributed by atoms with van der Waals surface area (Å²) >= 11 is 5.80. The Morgan fingerprint density at radius 1 is 1.25 bits per heavy atom. The van der Waals surface area contributed by atoms with E-state index in [1.807, 2.05) is 0 Å². The van der Waals surface area contributed by atoms with Gasteiger partial charge in [-0.25, -0.2) is 0 Å². The SMILES string of the molecule is O=c1ccoc2cccc(Cl)c12. The predicted molar refractivity (Wildman–Crippen MR) is 47.5 cm³/mol. The summed E-state index contributed by atoms with van der Waals surface area (Å²) in [7, 11) is 0. The van der Waals surface area contributed by atoms with Gasteiger partial charge >= 0.3 is 0 Å². The quantitative estimate of drug-likeness (QED) is 0.624. The van der Waals surface area contributed by atoms with Gasteiger partial charge in [0.25, 0.3) is 0 Å². The summed E-state index contributed by atoms with van der Waals surface area (Å²) in [5.74, 6) is 0. The minimum atomic E-state index is -0.109. The number of hydrogen-bond donors (Lipinski definition) is 0. The highest BCUT2D eigenvalue weighted by atomic mass is 35.5. The fraction of sp³-hybridized carbons (Fsp3) is 0. The molecule has 0 fully saturated rings. The van der Waals surface area contributed by atoms with Crippen LogP contribution in [-0.4, -0.2) is 0 Å². The van der Waals surface area contributed by atoms with Crippen LogP contribution in [0.4, 0.5) is 0 Å². The van der Waals surface area contributed by atoms with Crippen LogP contribution in [0.3, 0.4) is 0 Å². The molecule has 0 bridgehead atoms. The molecule has 2 nitrogen and oxygen atoms in total. The van der Waals surface area contributed by atoms with Gasteiger partial charge in [0, 0.05) is 6.07 Å². The van der Waals surface area contributed by atoms with E-state index >= 15 is 0 Å². The third kappa shape index (κ3) is 1.01. The zero-order chi connectivity index (χ0) is 8.55. The molecule has 12 heavy (non-hydrogen) atoms. The molecular weight excluding hydrogens is 176 g/mol. The lowest BCUT2D eigenvalue weighted by Gasteiger charge is -1.95. The van der Waals surface area contributed by atoms with Gasteiger partial charge in [0.05, 0.1) is 16.7 Å². The molecule has 0 aliphatic carbocycles. The third-order valence-corrected chi connectivity index (χ3v) is 1.95. The maximum atomic E-state index is 11.3. The van der Waals surface area contributed by atoms with Crippen molar-refractivity contribution in [1.29, 1.82) is 0 Å². The Morgan fingerprint density at radius 3 is 2.83 bits per heavy atom. The Kier molecular flexibility index (Phi) is 1.62. The van der Waals surface area contributed by atoms with E-state index in [-0.39, 0.29) is 5.43 Å². The van der Waals surface area contributed by atoms with Gasteiger partial charge in [-0.15, -0.1) is 0 Å². The molecule has 60 valence electrons. The molecule has 0 saturated carbocycles. The van der Waals surface area contributed by atoms with Crippen LogP contribution in [0.2, 0.25) is 5.02 Å². The molecule has 0 aliphatic heterocycles. The Labute approximate surface area is 73.4 Å². The molecule has 0 aliphatic rings. The lowest BCUT2D eigenvalue weighted by molar-refractivity contribution is 0.602. The van der Waals surface area contributed by atoms with Crippen LogP contribution < -0.4 is 5.43 Å². The number of halogens is 1. The van der Waals surface area contributed by atoms with Crippen LogP contribution in [0, 0.1) is 0 Å². The van der Waals surface area contributed by atoms with E-state index in [1.54, 1.807) is 18.2 Å². The molecule has 1 heterocycles. The van der Waals surface area contributed by atoms with Crippen LogP contribution >= 0.6 is 11.6 Å². The van der Waals surface area contributed by atoms with E-state index in [1.165, 1.54) is 12.3 Å². The van der Waals surface area contributed by atoms with E-state index in [0.717, 1.165) is 0 Å². The Bertz CT molecular complexity index is 468. The second-order valence-electron chi connectivity index (χ2n) is 2.40. The molecule has 0 N–H and O–H groups in total. The topological polar surface area (TPSA) is 30.2 Å². The maximum absolute atomic E-state index is 11.3. The normalized spacial score (nSPS) is 10.4. The largest absolute Gasteiger partial charge is 0.464 e. The molecule has 0 saturated heterocycles. The average molecular weight is 181 g/mol. The van der Waals surface area contributed by atoms with Gasteiger partial charge in [-0.2, -0.15) is 0 Å². The van der Waals surface area contributed by atoms with Crippen LogP contribution in [-0.2, 0) is 0 Å². The first-order valence-corrected chi connectivity index (χ1v) is 3.83. The number of benzene rings is 1. The Balaban J connectivity index is 3.07. The molecule has 0 atom stereocenters. The first-order valence-electron chi connectivity index (χ1n) is 3.45. The van der Waals surface area contributed by atoms with Crippen LogP contribution in [0.25, 0.3) is 11.0 Å². The number of rotatable bonds is 0. The van der Waals surface area contributed by atoms with Crippen molar-refractivity contribution in [2.24, 2.45) is 0 Å². The first kappa shape index (κ1) is 7.37. The lowest BCUT2D eigenvalue weighted by Crippen LogP contribution is -1.97. The third-order valence-electron chi connectivity index (χ3n) is 1.64. The number of hydrogen-bond acceptors (Lipinski definition) is 2. The predicted octanol–water partition coefficient (Wildman–Crippen LogP) is 2.45. The summed E-state index contributed by atoms with van der Waals surface area (Å²) in [6, 6.07) is 6.48. The van der Waals surface area contributed by atoms with Gasteiger partial charge < -0.3 is 4.42 Å². The molecule has 2 rings (SSSR count). The summed E-state index contributed by atoms with van der Waals surface area (Å²) in [5.41, 5.74) is 0.414. The van der Waals surface area contributed by atoms with E-state index in [2.05, 4.69) is 0 Å². The van der Waals surface area contributed by atoms with Crippen molar-refractivity contribution in [1.82, 2.24) is 0 Å². The van der Waals surface area contributed by atoms with Gasteiger partial charge in [-0.1, -0.05) is 17.7 Å². The van der Waals surface area contributed by atoms with E-state index in [4.69, 9.17) is 16.0 Å². The van der Waals surface area contributed by atoms with E-state index < -0.39 is 0 Å². The fourth-order valence-corrected chi connectivity index (χ4v) is 1.35. The van der Waals surface area contributed by atoms with Crippen LogP contribution in [0.15, 0.2) is 39.7 Å². The summed E-state index contributed by atoms with van der Waals surface area (Å²) in [6.45, 7) is 0. The molecule has 1 aromatic carbocycles. The highest BCUT2D eigenvalue weighted by molar-refractivity contribution is 6.35. The van der Waals surface area contributed by atoms with Gasteiger partial charge in [0.15, 0.2) is 5.43 Å². The zero-order valence-corrected chi connectivity index (χ0v) is 6.84. The summed E-state index contributed by atoms with van der Waals surface area (Å²) in [6.07, 6.45) is 1.36. The molecular formula is C9H5ClO2. The van der Waals surface area contributed by atoms with Crippen LogP contribution in [0.5, 0.6) is 0 Å². The lowest BCUT2D eigenvalue weighted by atomic mass is 10.2. The Morgan fingerprint density at radius 2 is 2.08 bits per heavy atom. The average Bonchev–Trinajstić information content (AvgIpc) is 2.04. The molecule has 0 radical (unpaired) electrons. The molecule has 0 unspecified atom stereocenters. The second kappa shape index (κ2) is 2.64. The van der Waals surface area contributed by atoms with Crippen molar-refractivity contribution < 1.29 is 4.42 Å². The summed E-state index contributed by atoms with van der Waals surface area (Å²) in [5, 5.41) is 0.878. The zero-order valence-electron chi connectivity index (χ0n) is 6.08. The maximum Gasteiger partial charge on any atom is 0.194 e. The Hall–Kier alpha value is -1.28. The molecule has 1 aromatic heterocycles. The van der Waals surface area contributed by atoms with Gasteiger partial charge in [0.2, 0.25) is 0 Å². The highest BCUT2D eigenvalue weighted by Crippen LogP contribution is 2.18. The monoisotopic (exact) mass is 180 g/mol. The first-order chi connectivity index (χ1) is 5.79. The fourth-order valence-electron chi connectivity index (χ4n) is 1.09. The van der Waals surface area contributed by atoms with Gasteiger partial charge in [-0.3, -0.25) is 4.79 Å². The van der Waals surface area contributed by atoms with Crippen molar-refractivity contribution in [2.45, 2.75) is 0 Å². The second-order valence-corrected chi connectivity index (χ2v) is 2.81. The van der Waals surface area contributed by atoms with Crippen molar-refractivity contribution in [3.8, 4) is 0 Å². The molecule has 0 amide bonds. The van der Waals surface area contributed by atoms with E-state index in [0.29, 0.717) is 16.0 Å². The van der Waals surface area contributed by atoms with E-state index in [9.17, 15) is 4.79 Å². The molecule has 3 heteroatoms. The van der Waals surface area contributed by atoms with Crippen molar-refractivity contribution in [2.75, 3.05) is 0 Å². The van der Waals surface area contributed by atoms with Gasteiger partial charge in [0.1, 0.15) is 5.58 Å².